The number of hydrogen-bond donors (Lipinski definition) is 1. The second-order valence-corrected chi connectivity index (χ2v) is 8.08. The van der Waals surface area contributed by atoms with Gasteiger partial charge >= 0.3 is 0 Å². The molecule has 1 aromatic carbocycles. The molecule has 6 heteroatoms. The van der Waals surface area contributed by atoms with Crippen molar-refractivity contribution >= 4 is 23.2 Å². The lowest BCUT2D eigenvalue weighted by Gasteiger charge is -2.35. The van der Waals surface area contributed by atoms with Crippen molar-refractivity contribution in [3.05, 3.63) is 52.2 Å². The second-order valence-electron chi connectivity index (χ2n) is 7.05. The van der Waals surface area contributed by atoms with Crippen LogP contribution in [0.15, 0.2) is 41.8 Å². The first kappa shape index (κ1) is 20.4. The van der Waals surface area contributed by atoms with Crippen LogP contribution in [0.2, 0.25) is 0 Å². The van der Waals surface area contributed by atoms with E-state index >= 15 is 0 Å². The van der Waals surface area contributed by atoms with Gasteiger partial charge in [-0.15, -0.1) is 11.3 Å². The summed E-state index contributed by atoms with van der Waals surface area (Å²) in [5, 5.41) is 4.87. The number of likely N-dealkylation sites (tertiary alicyclic amines) is 1. The van der Waals surface area contributed by atoms with Gasteiger partial charge in [0, 0.05) is 36.0 Å². The zero-order valence-electron chi connectivity index (χ0n) is 16.4. The summed E-state index contributed by atoms with van der Waals surface area (Å²) >= 11 is 1.64. The molecule has 0 unspecified atom stereocenters. The summed E-state index contributed by atoms with van der Waals surface area (Å²) in [6, 6.07) is 11.5. The number of carbonyl (C=O) groups is 2. The molecule has 1 fully saturated rings. The first-order valence-corrected chi connectivity index (χ1v) is 10.9. The number of amides is 2. The molecule has 0 aliphatic carbocycles. The Morgan fingerprint density at radius 2 is 2.14 bits per heavy atom. The average Bonchev–Trinajstić information content (AvgIpc) is 3.26. The van der Waals surface area contributed by atoms with E-state index in [0.29, 0.717) is 36.9 Å². The normalized spacial score (nSPS) is 16.6. The number of nitrogens with zero attached hydrogens (tertiary/aromatic N) is 1. The number of nitrogens with one attached hydrogen (secondary N) is 1. The maximum absolute atomic E-state index is 12.5. The number of piperidine rings is 1. The second kappa shape index (κ2) is 10.3. The maximum Gasteiger partial charge on any atom is 0.251 e. The van der Waals surface area contributed by atoms with Crippen molar-refractivity contribution in [1.82, 2.24) is 10.2 Å². The van der Waals surface area contributed by atoms with Crippen LogP contribution in [0.5, 0.6) is 5.75 Å². The van der Waals surface area contributed by atoms with E-state index in [0.717, 1.165) is 30.7 Å². The molecular formula is C22H28N2O3S. The number of carbonyl (C=O) groups excluding carboxylic acids is 2. The van der Waals surface area contributed by atoms with E-state index < -0.39 is 0 Å². The van der Waals surface area contributed by atoms with E-state index in [1.54, 1.807) is 23.5 Å². The van der Waals surface area contributed by atoms with E-state index in [-0.39, 0.29) is 11.8 Å². The first-order chi connectivity index (χ1) is 13.7. The largest absolute Gasteiger partial charge is 0.488 e. The van der Waals surface area contributed by atoms with Gasteiger partial charge in [-0.3, -0.25) is 9.59 Å². The molecule has 1 atom stereocenters. The Hall–Kier alpha value is -2.34. The molecule has 0 radical (unpaired) electrons. The summed E-state index contributed by atoms with van der Waals surface area (Å²) in [6.07, 6.45) is 4.71. The Morgan fingerprint density at radius 3 is 2.93 bits per heavy atom. The molecule has 3 rings (SSSR count). The lowest BCUT2D eigenvalue weighted by molar-refractivity contribution is -0.134. The molecule has 150 valence electrons. The molecule has 2 aromatic rings. The van der Waals surface area contributed by atoms with Crippen molar-refractivity contribution < 1.29 is 14.3 Å². The third-order valence-corrected chi connectivity index (χ3v) is 5.95. The van der Waals surface area contributed by atoms with Gasteiger partial charge in [0.2, 0.25) is 5.91 Å². The Kier molecular flexibility index (Phi) is 7.48. The van der Waals surface area contributed by atoms with Crippen molar-refractivity contribution in [2.45, 2.75) is 51.7 Å². The van der Waals surface area contributed by atoms with Crippen LogP contribution < -0.4 is 10.1 Å². The Labute approximate surface area is 170 Å². The molecule has 2 amide bonds. The van der Waals surface area contributed by atoms with Gasteiger partial charge in [0.15, 0.2) is 0 Å². The van der Waals surface area contributed by atoms with E-state index in [1.165, 1.54) is 6.42 Å². The highest BCUT2D eigenvalue weighted by molar-refractivity contribution is 7.09. The van der Waals surface area contributed by atoms with Crippen LogP contribution in [0.4, 0.5) is 0 Å². The van der Waals surface area contributed by atoms with Crippen LogP contribution in [0.25, 0.3) is 0 Å². The summed E-state index contributed by atoms with van der Waals surface area (Å²) in [7, 11) is 0. The van der Waals surface area contributed by atoms with Crippen molar-refractivity contribution in [1.29, 1.82) is 0 Å². The molecule has 0 spiro atoms. The van der Waals surface area contributed by atoms with E-state index in [2.05, 4.69) is 12.2 Å². The zero-order valence-corrected chi connectivity index (χ0v) is 17.2. The molecule has 5 nitrogen and oxygen atoms in total. The molecule has 1 aliphatic heterocycles. The smallest absolute Gasteiger partial charge is 0.251 e. The summed E-state index contributed by atoms with van der Waals surface area (Å²) in [5.41, 5.74) is 0.542. The molecule has 1 aromatic heterocycles. The number of hydrogen-bond acceptors (Lipinski definition) is 4. The van der Waals surface area contributed by atoms with Gasteiger partial charge in [-0.05, 0) is 55.3 Å². The monoisotopic (exact) mass is 400 g/mol. The SMILES string of the molecule is CC[C@H]1CCCCN1C(=O)CCNC(=O)c1cccc(OCc2cccs2)c1. The minimum Gasteiger partial charge on any atom is -0.488 e. The molecule has 1 aliphatic rings. The molecule has 28 heavy (non-hydrogen) atoms. The lowest BCUT2D eigenvalue weighted by atomic mass is 9.99. The van der Waals surface area contributed by atoms with Gasteiger partial charge in [0.1, 0.15) is 12.4 Å². The highest BCUT2D eigenvalue weighted by atomic mass is 32.1. The summed E-state index contributed by atoms with van der Waals surface area (Å²) in [5.74, 6) is 0.621. The third kappa shape index (κ3) is 5.58. The molecule has 2 heterocycles. The van der Waals surface area contributed by atoms with Crippen molar-refractivity contribution in [2.24, 2.45) is 0 Å². The minimum atomic E-state index is -0.181. The Morgan fingerprint density at radius 1 is 1.25 bits per heavy atom. The molecule has 1 N–H and O–H groups in total. The number of benzene rings is 1. The highest BCUT2D eigenvalue weighted by Gasteiger charge is 2.24. The lowest BCUT2D eigenvalue weighted by Crippen LogP contribution is -2.44. The van der Waals surface area contributed by atoms with Crippen LogP contribution in [-0.4, -0.2) is 35.8 Å². The third-order valence-electron chi connectivity index (χ3n) is 5.10. The molecule has 0 bridgehead atoms. The fourth-order valence-corrected chi connectivity index (χ4v) is 4.17. The van der Waals surface area contributed by atoms with Crippen molar-refractivity contribution in [3.8, 4) is 5.75 Å². The van der Waals surface area contributed by atoms with E-state index in [4.69, 9.17) is 4.74 Å². The average molecular weight is 401 g/mol. The summed E-state index contributed by atoms with van der Waals surface area (Å²) in [4.78, 5) is 28.0. The van der Waals surface area contributed by atoms with Crippen LogP contribution in [0, 0.1) is 0 Å². The molecular weight excluding hydrogens is 372 g/mol. The number of ether oxygens (including phenoxy) is 1. The highest BCUT2D eigenvalue weighted by Crippen LogP contribution is 2.20. The number of thiophene rings is 1. The predicted molar refractivity (Wildman–Crippen MR) is 112 cm³/mol. The molecule has 1 saturated heterocycles. The van der Waals surface area contributed by atoms with Gasteiger partial charge in [0.05, 0.1) is 0 Å². The van der Waals surface area contributed by atoms with Crippen LogP contribution in [0.3, 0.4) is 0 Å². The quantitative estimate of drug-likeness (QED) is 0.721. The maximum atomic E-state index is 12.5. The van der Waals surface area contributed by atoms with E-state index in [9.17, 15) is 9.59 Å². The standard InChI is InChI=1S/C22H28N2O3S/c1-2-18-8-3-4-13-24(18)21(25)11-12-23-22(26)17-7-5-9-19(15-17)27-16-20-10-6-14-28-20/h5-7,9-10,14-15,18H,2-4,8,11-13,16H2,1H3,(H,23,26)/t18-/m0/s1. The van der Waals surface area contributed by atoms with Crippen LogP contribution >= 0.6 is 11.3 Å². The number of rotatable bonds is 8. The first-order valence-electron chi connectivity index (χ1n) is 10.00. The van der Waals surface area contributed by atoms with Gasteiger partial charge in [-0.2, -0.15) is 0 Å². The summed E-state index contributed by atoms with van der Waals surface area (Å²) < 4.78 is 5.76. The van der Waals surface area contributed by atoms with Gasteiger partial charge < -0.3 is 15.0 Å². The van der Waals surface area contributed by atoms with Gasteiger partial charge in [-0.25, -0.2) is 0 Å². The fourth-order valence-electron chi connectivity index (χ4n) is 3.56. The van der Waals surface area contributed by atoms with Crippen molar-refractivity contribution in [2.75, 3.05) is 13.1 Å². The Bertz CT molecular complexity index is 776. The van der Waals surface area contributed by atoms with Crippen LogP contribution in [0.1, 0.15) is 54.3 Å². The summed E-state index contributed by atoms with van der Waals surface area (Å²) in [6.45, 7) is 3.82. The topological polar surface area (TPSA) is 58.6 Å². The Balaban J connectivity index is 1.46. The minimum absolute atomic E-state index is 0.139. The zero-order chi connectivity index (χ0) is 19.8. The fraction of sp³-hybridized carbons (Fsp3) is 0.455. The van der Waals surface area contributed by atoms with Gasteiger partial charge in [-0.1, -0.05) is 19.1 Å². The van der Waals surface area contributed by atoms with Gasteiger partial charge in [0.25, 0.3) is 5.91 Å². The van der Waals surface area contributed by atoms with Crippen molar-refractivity contribution in [3.63, 3.8) is 0 Å². The molecule has 0 saturated carbocycles. The predicted octanol–water partition coefficient (Wildman–Crippen LogP) is 4.24. The van der Waals surface area contributed by atoms with Crippen LogP contribution in [-0.2, 0) is 11.4 Å². The van der Waals surface area contributed by atoms with E-state index in [1.807, 2.05) is 34.5 Å².